The highest BCUT2D eigenvalue weighted by molar-refractivity contribution is 5.57. The maximum Gasteiger partial charge on any atom is 0.330 e. The Morgan fingerprint density at radius 1 is 1.71 bits per heavy atom. The molecule has 7 nitrogen and oxygen atoms in total. The average Bonchev–Trinajstić information content (AvgIpc) is 2.60. The minimum Gasteiger partial charge on any atom is -0.346 e. The number of hydrogen-bond acceptors (Lipinski definition) is 5. The number of aromatic nitrogens is 2. The molecule has 0 radical (unpaired) electrons. The van der Waals surface area contributed by atoms with E-state index in [4.69, 9.17) is 5.26 Å². The summed E-state index contributed by atoms with van der Waals surface area (Å²) in [7, 11) is 1.64. The minimum absolute atomic E-state index is 0.0286. The summed E-state index contributed by atoms with van der Waals surface area (Å²) in [4.78, 5) is 12.2. The van der Waals surface area contributed by atoms with Crippen LogP contribution in [0.3, 0.4) is 0 Å². The Kier molecular flexibility index (Phi) is 4.04. The van der Waals surface area contributed by atoms with Gasteiger partial charge in [0, 0.05) is 19.6 Å². The van der Waals surface area contributed by atoms with Crippen molar-refractivity contribution in [2.24, 2.45) is 7.05 Å². The molecule has 0 aliphatic heterocycles. The van der Waals surface area contributed by atoms with Gasteiger partial charge in [0.15, 0.2) is 0 Å². The second kappa shape index (κ2) is 5.30. The van der Waals surface area contributed by atoms with Gasteiger partial charge < -0.3 is 4.90 Å². The molecule has 0 amide bonds. The van der Waals surface area contributed by atoms with Crippen molar-refractivity contribution in [3.05, 3.63) is 16.3 Å². The maximum atomic E-state index is 10.9. The molecule has 0 fully saturated rings. The van der Waals surface area contributed by atoms with E-state index in [1.165, 1.54) is 10.9 Å². The standard InChI is InChI=1S/C10H15N5O2/c1-8(2)14(6-4-5-11)10-9(15(16)17)7-13(3)12-10/h7-8H,4,6H2,1-3H3. The van der Waals surface area contributed by atoms with Gasteiger partial charge >= 0.3 is 5.69 Å². The van der Waals surface area contributed by atoms with Gasteiger partial charge in [0.05, 0.1) is 17.4 Å². The quantitative estimate of drug-likeness (QED) is 0.571. The summed E-state index contributed by atoms with van der Waals surface area (Å²) in [6.45, 7) is 4.26. The van der Waals surface area contributed by atoms with Crippen LogP contribution in [0.25, 0.3) is 0 Å². The Bertz CT molecular complexity index is 446. The van der Waals surface area contributed by atoms with Crippen molar-refractivity contribution in [2.45, 2.75) is 26.3 Å². The monoisotopic (exact) mass is 237 g/mol. The van der Waals surface area contributed by atoms with Crippen LogP contribution in [0.5, 0.6) is 0 Å². The third-order valence-corrected chi connectivity index (χ3v) is 2.35. The van der Waals surface area contributed by atoms with E-state index in [2.05, 4.69) is 5.10 Å². The zero-order chi connectivity index (χ0) is 13.0. The van der Waals surface area contributed by atoms with Crippen LogP contribution in [0, 0.1) is 21.4 Å². The molecule has 0 N–H and O–H groups in total. The van der Waals surface area contributed by atoms with E-state index in [1.54, 1.807) is 11.9 Å². The molecule has 0 aliphatic rings. The van der Waals surface area contributed by atoms with Gasteiger partial charge in [-0.15, -0.1) is 5.10 Å². The molecule has 1 aromatic rings. The average molecular weight is 237 g/mol. The van der Waals surface area contributed by atoms with E-state index in [-0.39, 0.29) is 11.7 Å². The highest BCUT2D eigenvalue weighted by Gasteiger charge is 2.25. The number of aryl methyl sites for hydroxylation is 1. The Balaban J connectivity index is 3.09. The first-order chi connectivity index (χ1) is 7.97. The summed E-state index contributed by atoms with van der Waals surface area (Å²) >= 11 is 0. The summed E-state index contributed by atoms with van der Waals surface area (Å²) in [5.74, 6) is 0.322. The van der Waals surface area contributed by atoms with Crippen LogP contribution in [-0.2, 0) is 7.05 Å². The van der Waals surface area contributed by atoms with Crippen molar-refractivity contribution in [3.8, 4) is 6.07 Å². The lowest BCUT2D eigenvalue weighted by molar-refractivity contribution is -0.384. The first kappa shape index (κ1) is 13.0. The fourth-order valence-electron chi connectivity index (χ4n) is 1.58. The molecule has 92 valence electrons. The van der Waals surface area contributed by atoms with Gasteiger partial charge in [-0.1, -0.05) is 0 Å². The number of hydrogen-bond donors (Lipinski definition) is 0. The van der Waals surface area contributed by atoms with Gasteiger partial charge in [0.25, 0.3) is 0 Å². The summed E-state index contributed by atoms with van der Waals surface area (Å²) in [5.41, 5.74) is -0.0286. The molecule has 0 aromatic carbocycles. The van der Waals surface area contributed by atoms with Crippen molar-refractivity contribution >= 4 is 11.5 Å². The van der Waals surface area contributed by atoms with E-state index in [0.717, 1.165) is 0 Å². The lowest BCUT2D eigenvalue weighted by Crippen LogP contribution is -2.32. The smallest absolute Gasteiger partial charge is 0.330 e. The molecular formula is C10H15N5O2. The van der Waals surface area contributed by atoms with E-state index in [1.807, 2.05) is 19.9 Å². The zero-order valence-electron chi connectivity index (χ0n) is 10.1. The number of nitrogens with zero attached hydrogens (tertiary/aromatic N) is 5. The van der Waals surface area contributed by atoms with Crippen LogP contribution < -0.4 is 4.90 Å². The van der Waals surface area contributed by atoms with Crippen LogP contribution in [0.2, 0.25) is 0 Å². The molecule has 7 heteroatoms. The van der Waals surface area contributed by atoms with Gasteiger partial charge in [-0.25, -0.2) is 0 Å². The normalized spacial score (nSPS) is 10.3. The van der Waals surface area contributed by atoms with Gasteiger partial charge in [0.1, 0.15) is 6.20 Å². The van der Waals surface area contributed by atoms with Gasteiger partial charge in [0.2, 0.25) is 5.82 Å². The van der Waals surface area contributed by atoms with Gasteiger partial charge in [-0.2, -0.15) is 5.26 Å². The molecule has 0 unspecified atom stereocenters. The third kappa shape index (κ3) is 2.93. The van der Waals surface area contributed by atoms with Crippen LogP contribution in [0.1, 0.15) is 20.3 Å². The Labute approximate surface area is 99.4 Å². The number of nitriles is 1. The lowest BCUT2D eigenvalue weighted by atomic mass is 10.3. The lowest BCUT2D eigenvalue weighted by Gasteiger charge is -2.24. The number of rotatable bonds is 5. The van der Waals surface area contributed by atoms with Gasteiger partial charge in [-0.3, -0.25) is 14.8 Å². The fourth-order valence-corrected chi connectivity index (χ4v) is 1.58. The molecule has 0 spiro atoms. The van der Waals surface area contributed by atoms with Crippen molar-refractivity contribution in [3.63, 3.8) is 0 Å². The summed E-state index contributed by atoms with van der Waals surface area (Å²) < 4.78 is 1.41. The Morgan fingerprint density at radius 3 is 2.82 bits per heavy atom. The predicted octanol–water partition coefficient (Wildman–Crippen LogP) is 1.46. The van der Waals surface area contributed by atoms with Crippen LogP contribution in [0.4, 0.5) is 11.5 Å². The second-order valence-corrected chi connectivity index (χ2v) is 3.96. The van der Waals surface area contributed by atoms with E-state index < -0.39 is 4.92 Å². The van der Waals surface area contributed by atoms with Crippen molar-refractivity contribution in [1.29, 1.82) is 5.26 Å². The Morgan fingerprint density at radius 2 is 2.35 bits per heavy atom. The molecule has 1 heterocycles. The maximum absolute atomic E-state index is 10.9. The number of nitro groups is 1. The summed E-state index contributed by atoms with van der Waals surface area (Å²) in [6.07, 6.45) is 1.68. The van der Waals surface area contributed by atoms with E-state index in [0.29, 0.717) is 18.8 Å². The largest absolute Gasteiger partial charge is 0.346 e. The van der Waals surface area contributed by atoms with Crippen molar-refractivity contribution in [2.75, 3.05) is 11.4 Å². The topological polar surface area (TPSA) is 88.0 Å². The molecular weight excluding hydrogens is 222 g/mol. The van der Waals surface area contributed by atoms with Gasteiger partial charge in [-0.05, 0) is 13.8 Å². The third-order valence-electron chi connectivity index (χ3n) is 2.35. The Hall–Kier alpha value is -2.10. The first-order valence-corrected chi connectivity index (χ1v) is 5.29. The summed E-state index contributed by atoms with van der Waals surface area (Å²) in [6, 6.07) is 2.08. The molecule has 17 heavy (non-hydrogen) atoms. The molecule has 0 saturated carbocycles. The zero-order valence-corrected chi connectivity index (χ0v) is 10.1. The molecule has 0 saturated heterocycles. The highest BCUT2D eigenvalue weighted by Crippen LogP contribution is 2.27. The molecule has 0 aliphatic carbocycles. The molecule has 0 bridgehead atoms. The second-order valence-electron chi connectivity index (χ2n) is 3.96. The van der Waals surface area contributed by atoms with E-state index in [9.17, 15) is 10.1 Å². The fraction of sp³-hybridized carbons (Fsp3) is 0.600. The van der Waals surface area contributed by atoms with Crippen LogP contribution in [0.15, 0.2) is 6.20 Å². The first-order valence-electron chi connectivity index (χ1n) is 5.29. The van der Waals surface area contributed by atoms with Crippen molar-refractivity contribution < 1.29 is 4.92 Å². The molecule has 1 aromatic heterocycles. The van der Waals surface area contributed by atoms with Crippen molar-refractivity contribution in [1.82, 2.24) is 9.78 Å². The minimum atomic E-state index is -0.454. The SMILES string of the molecule is CC(C)N(CCC#N)c1nn(C)cc1[N+](=O)[O-]. The predicted molar refractivity (Wildman–Crippen MR) is 62.6 cm³/mol. The van der Waals surface area contributed by atoms with Crippen LogP contribution >= 0.6 is 0 Å². The highest BCUT2D eigenvalue weighted by atomic mass is 16.6. The summed E-state index contributed by atoms with van der Waals surface area (Å²) in [5, 5.41) is 23.6. The van der Waals surface area contributed by atoms with E-state index >= 15 is 0 Å². The van der Waals surface area contributed by atoms with Crippen LogP contribution in [-0.4, -0.2) is 27.3 Å². The molecule has 1 rings (SSSR count). The molecule has 0 atom stereocenters. The number of anilines is 1.